The van der Waals surface area contributed by atoms with E-state index in [1.54, 1.807) is 18.2 Å². The normalized spacial score (nSPS) is 8.50. The molecule has 0 aliphatic rings. The highest BCUT2D eigenvalue weighted by Crippen LogP contribution is 2.19. The zero-order chi connectivity index (χ0) is 10.6. The Bertz CT molecular complexity index is 451. The molecule has 0 saturated heterocycles. The van der Waals surface area contributed by atoms with E-state index in [4.69, 9.17) is 22.7 Å². The number of para-hydroxylation sites is 1. The zero-order valence-corrected chi connectivity index (χ0v) is 8.35. The molecule has 1 aromatic carbocycles. The largest absolute Gasteiger partial charge is 0.336 e. The average Bonchev–Trinajstić information content (AvgIpc) is 2.20. The van der Waals surface area contributed by atoms with Gasteiger partial charge in [-0.25, -0.2) is 0 Å². The molecule has 3 nitrogen and oxygen atoms in total. The smallest absolute Gasteiger partial charge is 0.182 e. The van der Waals surface area contributed by atoms with Crippen LogP contribution < -0.4 is 5.32 Å². The van der Waals surface area contributed by atoms with E-state index in [1.165, 1.54) is 0 Å². The summed E-state index contributed by atoms with van der Waals surface area (Å²) < 4.78 is 0. The molecule has 0 unspecified atom stereocenters. The minimum atomic E-state index is 0.0656. The van der Waals surface area contributed by atoms with E-state index in [0.29, 0.717) is 11.3 Å². The lowest BCUT2D eigenvalue weighted by Gasteiger charge is -2.07. The molecule has 0 fully saturated rings. The maximum atomic E-state index is 8.81. The van der Waals surface area contributed by atoms with E-state index >= 15 is 0 Å². The number of nitrogens with one attached hydrogen (secondary N) is 1. The van der Waals surface area contributed by atoms with Gasteiger partial charge in [0.15, 0.2) is 4.99 Å². The van der Waals surface area contributed by atoms with Crippen LogP contribution in [-0.2, 0) is 0 Å². The Balaban J connectivity index is 3.14. The molecule has 0 aliphatic heterocycles. The molecule has 0 aliphatic carbocycles. The van der Waals surface area contributed by atoms with Gasteiger partial charge in [-0.15, -0.1) is 0 Å². The van der Waals surface area contributed by atoms with Gasteiger partial charge in [0.05, 0.1) is 11.3 Å². The Labute approximate surface area is 87.6 Å². The van der Waals surface area contributed by atoms with Crippen molar-refractivity contribution in [2.45, 2.75) is 6.92 Å². The molecule has 0 spiro atoms. The zero-order valence-electron chi connectivity index (χ0n) is 7.53. The summed E-state index contributed by atoms with van der Waals surface area (Å²) >= 11 is 4.72. The Morgan fingerprint density at radius 2 is 2.14 bits per heavy atom. The molecule has 1 N–H and O–H groups in total. The topological polar surface area (TPSA) is 59.6 Å². The van der Waals surface area contributed by atoms with Crippen LogP contribution in [0.3, 0.4) is 0 Å². The molecular formula is C10H7N3S. The van der Waals surface area contributed by atoms with Crippen LogP contribution in [0.15, 0.2) is 18.2 Å². The fourth-order valence-corrected chi connectivity index (χ4v) is 1.17. The summed E-state index contributed by atoms with van der Waals surface area (Å²) in [4.78, 5) is 0.0656. The Morgan fingerprint density at radius 3 is 2.71 bits per heavy atom. The second-order valence-corrected chi connectivity index (χ2v) is 3.08. The third-order valence-corrected chi connectivity index (χ3v) is 1.93. The fraction of sp³-hybridized carbons (Fsp3) is 0.100. The van der Waals surface area contributed by atoms with Crippen molar-refractivity contribution in [3.05, 3.63) is 29.3 Å². The van der Waals surface area contributed by atoms with E-state index in [-0.39, 0.29) is 4.99 Å². The molecule has 0 radical (unpaired) electrons. The van der Waals surface area contributed by atoms with Crippen LogP contribution in [0.4, 0.5) is 5.69 Å². The van der Waals surface area contributed by atoms with Crippen LogP contribution in [0, 0.1) is 29.6 Å². The lowest BCUT2D eigenvalue weighted by Crippen LogP contribution is -2.08. The number of rotatable bonds is 1. The molecule has 14 heavy (non-hydrogen) atoms. The summed E-state index contributed by atoms with van der Waals surface area (Å²) in [6.45, 7) is 1.85. The molecule has 0 aromatic heterocycles. The van der Waals surface area contributed by atoms with E-state index in [1.807, 2.05) is 19.1 Å². The maximum absolute atomic E-state index is 8.81. The molecule has 0 heterocycles. The van der Waals surface area contributed by atoms with Gasteiger partial charge in [0, 0.05) is 0 Å². The number of nitriles is 2. The lowest BCUT2D eigenvalue weighted by atomic mass is 10.1. The minimum absolute atomic E-state index is 0.0656. The lowest BCUT2D eigenvalue weighted by molar-refractivity contribution is 1.41. The van der Waals surface area contributed by atoms with Crippen molar-refractivity contribution in [3.8, 4) is 12.1 Å². The Hall–Kier alpha value is -1.91. The summed E-state index contributed by atoms with van der Waals surface area (Å²) in [5.41, 5.74) is 1.99. The van der Waals surface area contributed by atoms with Crippen LogP contribution in [0.1, 0.15) is 11.1 Å². The standard InChI is InChI=1S/C10H7N3S/c1-7-3-2-4-8(5-11)10(7)13-9(14)6-12/h2-4H,1H3,(H,13,14). The van der Waals surface area contributed by atoms with Gasteiger partial charge in [-0.2, -0.15) is 10.5 Å². The summed E-state index contributed by atoms with van der Waals surface area (Å²) in [7, 11) is 0. The SMILES string of the molecule is Cc1cccc(C#N)c1NC(=S)C#N. The van der Waals surface area contributed by atoms with Gasteiger partial charge in [0.2, 0.25) is 0 Å². The van der Waals surface area contributed by atoms with Crippen molar-refractivity contribution in [1.29, 1.82) is 10.5 Å². The average molecular weight is 201 g/mol. The van der Waals surface area contributed by atoms with E-state index in [9.17, 15) is 0 Å². The molecule has 0 atom stereocenters. The predicted octanol–water partition coefficient (Wildman–Crippen LogP) is 2.13. The summed E-state index contributed by atoms with van der Waals surface area (Å²) in [6.07, 6.45) is 0. The van der Waals surface area contributed by atoms with E-state index in [2.05, 4.69) is 5.32 Å². The highest BCUT2D eigenvalue weighted by molar-refractivity contribution is 7.81. The second-order valence-electron chi connectivity index (χ2n) is 2.68. The van der Waals surface area contributed by atoms with E-state index < -0.39 is 0 Å². The molecule has 0 bridgehead atoms. The number of thiocarbonyl (C=S) groups is 1. The molecule has 68 valence electrons. The fourth-order valence-electron chi connectivity index (χ4n) is 1.07. The van der Waals surface area contributed by atoms with Gasteiger partial charge in [-0.3, -0.25) is 0 Å². The van der Waals surface area contributed by atoms with Crippen molar-refractivity contribution < 1.29 is 0 Å². The summed E-state index contributed by atoms with van der Waals surface area (Å²) in [5, 5.41) is 20.1. The van der Waals surface area contributed by atoms with Gasteiger partial charge >= 0.3 is 0 Å². The van der Waals surface area contributed by atoms with Crippen molar-refractivity contribution in [1.82, 2.24) is 0 Å². The highest BCUT2D eigenvalue weighted by Gasteiger charge is 2.05. The summed E-state index contributed by atoms with van der Waals surface area (Å²) in [6, 6.07) is 9.15. The third kappa shape index (κ3) is 2.07. The van der Waals surface area contributed by atoms with Crippen LogP contribution >= 0.6 is 12.2 Å². The number of nitrogens with zero attached hydrogens (tertiary/aromatic N) is 2. The summed E-state index contributed by atoms with van der Waals surface area (Å²) in [5.74, 6) is 0. The molecular weight excluding hydrogens is 194 g/mol. The number of benzene rings is 1. The van der Waals surface area contributed by atoms with Gasteiger partial charge in [-0.05, 0) is 30.8 Å². The first kappa shape index (κ1) is 10.2. The number of hydrogen-bond donors (Lipinski definition) is 1. The number of hydrogen-bond acceptors (Lipinski definition) is 3. The van der Waals surface area contributed by atoms with Crippen molar-refractivity contribution >= 4 is 22.9 Å². The molecule has 4 heteroatoms. The molecule has 0 saturated carbocycles. The molecule has 0 amide bonds. The van der Waals surface area contributed by atoms with E-state index in [0.717, 1.165) is 5.56 Å². The third-order valence-electron chi connectivity index (χ3n) is 1.73. The van der Waals surface area contributed by atoms with Gasteiger partial charge in [0.25, 0.3) is 0 Å². The second kappa shape index (κ2) is 4.36. The van der Waals surface area contributed by atoms with Crippen LogP contribution in [0.2, 0.25) is 0 Å². The highest BCUT2D eigenvalue weighted by atomic mass is 32.1. The molecule has 1 rings (SSSR count). The van der Waals surface area contributed by atoms with Crippen LogP contribution in [-0.4, -0.2) is 4.99 Å². The van der Waals surface area contributed by atoms with Gasteiger partial charge < -0.3 is 5.32 Å². The first-order chi connectivity index (χ1) is 6.69. The van der Waals surface area contributed by atoms with Crippen LogP contribution in [0.25, 0.3) is 0 Å². The van der Waals surface area contributed by atoms with Crippen LogP contribution in [0.5, 0.6) is 0 Å². The number of aryl methyl sites for hydroxylation is 1. The minimum Gasteiger partial charge on any atom is -0.336 e. The first-order valence-electron chi connectivity index (χ1n) is 3.90. The van der Waals surface area contributed by atoms with Crippen molar-refractivity contribution in [2.24, 2.45) is 0 Å². The van der Waals surface area contributed by atoms with Gasteiger partial charge in [-0.1, -0.05) is 12.1 Å². The van der Waals surface area contributed by atoms with Crippen molar-refractivity contribution in [3.63, 3.8) is 0 Å². The monoisotopic (exact) mass is 201 g/mol. The quantitative estimate of drug-likeness (QED) is 0.707. The van der Waals surface area contributed by atoms with Gasteiger partial charge in [0.1, 0.15) is 12.1 Å². The maximum Gasteiger partial charge on any atom is 0.182 e. The number of anilines is 1. The Morgan fingerprint density at radius 1 is 1.43 bits per heavy atom. The van der Waals surface area contributed by atoms with Crippen molar-refractivity contribution in [2.75, 3.05) is 5.32 Å². The molecule has 1 aromatic rings. The predicted molar refractivity (Wildman–Crippen MR) is 57.7 cm³/mol. The first-order valence-corrected chi connectivity index (χ1v) is 4.30. The Kier molecular flexibility index (Phi) is 3.17.